The number of sulfonamides is 1. The van der Waals surface area contributed by atoms with Crippen LogP contribution in [-0.2, 0) is 26.2 Å². The molecule has 0 spiro atoms. The first-order chi connectivity index (χ1) is 19.7. The first kappa shape index (κ1) is 31.5. The fraction of sp³-hybridized carbons (Fsp3) is 0.355. The summed E-state index contributed by atoms with van der Waals surface area (Å²) in [6.45, 7) is 5.76. The van der Waals surface area contributed by atoms with Gasteiger partial charge in [0.25, 0.3) is 10.0 Å². The molecule has 9 nitrogen and oxygen atoms in total. The second-order valence-electron chi connectivity index (χ2n) is 9.53. The van der Waals surface area contributed by atoms with Crippen molar-refractivity contribution in [3.05, 3.63) is 83.9 Å². The van der Waals surface area contributed by atoms with Crippen LogP contribution in [0.15, 0.2) is 77.7 Å². The van der Waals surface area contributed by atoms with Gasteiger partial charge in [-0.25, -0.2) is 8.42 Å². The minimum Gasteiger partial charge on any atom is -0.497 e. The van der Waals surface area contributed by atoms with Gasteiger partial charge in [0.1, 0.15) is 24.1 Å². The van der Waals surface area contributed by atoms with E-state index in [1.807, 2.05) is 45.0 Å². The van der Waals surface area contributed by atoms with E-state index < -0.39 is 28.5 Å². The molecule has 0 heterocycles. The number of hydrogen-bond acceptors (Lipinski definition) is 6. The summed E-state index contributed by atoms with van der Waals surface area (Å²) in [7, 11) is -1.34. The van der Waals surface area contributed by atoms with Crippen molar-refractivity contribution in [1.82, 2.24) is 10.2 Å². The van der Waals surface area contributed by atoms with Crippen LogP contribution in [0.2, 0.25) is 0 Å². The average molecular weight is 582 g/mol. The highest BCUT2D eigenvalue weighted by Gasteiger charge is 2.35. The summed E-state index contributed by atoms with van der Waals surface area (Å²) in [5.41, 5.74) is 1.96. The lowest BCUT2D eigenvalue weighted by Crippen LogP contribution is -2.52. The van der Waals surface area contributed by atoms with E-state index in [0.29, 0.717) is 18.7 Å². The molecule has 0 aliphatic carbocycles. The van der Waals surface area contributed by atoms with E-state index >= 15 is 0 Å². The second kappa shape index (κ2) is 14.5. The lowest BCUT2D eigenvalue weighted by atomic mass is 10.1. The molecule has 1 atom stereocenters. The van der Waals surface area contributed by atoms with Crippen molar-refractivity contribution >= 4 is 27.5 Å². The van der Waals surface area contributed by atoms with Crippen molar-refractivity contribution in [1.29, 1.82) is 0 Å². The Bertz CT molecular complexity index is 1430. The number of nitrogens with zero attached hydrogens (tertiary/aromatic N) is 2. The summed E-state index contributed by atoms with van der Waals surface area (Å²) < 4.78 is 40.0. The quantitative estimate of drug-likeness (QED) is 0.300. The lowest BCUT2D eigenvalue weighted by molar-refractivity contribution is -0.140. The highest BCUT2D eigenvalue weighted by Crippen LogP contribution is 2.36. The van der Waals surface area contributed by atoms with Crippen LogP contribution in [0.5, 0.6) is 11.5 Å². The van der Waals surface area contributed by atoms with E-state index in [2.05, 4.69) is 5.32 Å². The minimum absolute atomic E-state index is 0.0101. The molecule has 0 aliphatic rings. The zero-order valence-electron chi connectivity index (χ0n) is 24.3. The van der Waals surface area contributed by atoms with Crippen LogP contribution < -0.4 is 19.1 Å². The Balaban J connectivity index is 2.14. The standard InChI is InChI=1S/C31H39N3O6S/c1-6-19-32-31(36)27(7-2)33(21-24-14-12-11-13-23(24)3)30(35)22-34(41(37,38)26-15-9-8-10-16-26)28-20-25(39-4)17-18-29(28)40-5/h8-18,20,27H,6-7,19,21-22H2,1-5H3,(H,32,36)/t27-/m1/s1. The van der Waals surface area contributed by atoms with Crippen molar-refractivity contribution in [3.8, 4) is 11.5 Å². The van der Waals surface area contributed by atoms with Crippen molar-refractivity contribution < 1.29 is 27.5 Å². The number of carbonyl (C=O) groups excluding carboxylic acids is 2. The number of nitrogens with one attached hydrogen (secondary N) is 1. The van der Waals surface area contributed by atoms with Crippen LogP contribution in [0.1, 0.15) is 37.8 Å². The molecule has 220 valence electrons. The second-order valence-corrected chi connectivity index (χ2v) is 11.4. The maximum Gasteiger partial charge on any atom is 0.264 e. The summed E-state index contributed by atoms with van der Waals surface area (Å²) in [6, 6.07) is 19.4. The summed E-state index contributed by atoms with van der Waals surface area (Å²) in [5, 5.41) is 2.89. The monoisotopic (exact) mass is 581 g/mol. The van der Waals surface area contributed by atoms with E-state index in [1.54, 1.807) is 30.3 Å². The van der Waals surface area contributed by atoms with E-state index in [1.165, 1.54) is 37.3 Å². The van der Waals surface area contributed by atoms with Gasteiger partial charge in [-0.3, -0.25) is 13.9 Å². The van der Waals surface area contributed by atoms with Gasteiger partial charge in [0.15, 0.2) is 0 Å². The Kier molecular flexibility index (Phi) is 11.2. The van der Waals surface area contributed by atoms with Gasteiger partial charge in [-0.2, -0.15) is 0 Å². The van der Waals surface area contributed by atoms with Gasteiger partial charge >= 0.3 is 0 Å². The summed E-state index contributed by atoms with van der Waals surface area (Å²) in [5.74, 6) is -0.177. The molecule has 0 saturated heterocycles. The molecule has 1 N–H and O–H groups in total. The molecule has 41 heavy (non-hydrogen) atoms. The molecule has 0 fully saturated rings. The topological polar surface area (TPSA) is 105 Å². The largest absolute Gasteiger partial charge is 0.497 e. The van der Waals surface area contributed by atoms with E-state index in [-0.39, 0.29) is 28.8 Å². The Labute approximate surface area is 243 Å². The molecule has 0 radical (unpaired) electrons. The zero-order valence-corrected chi connectivity index (χ0v) is 25.1. The van der Waals surface area contributed by atoms with Gasteiger partial charge < -0.3 is 19.7 Å². The molecule has 0 aliphatic heterocycles. The summed E-state index contributed by atoms with van der Waals surface area (Å²) in [6.07, 6.45) is 1.09. The number of carbonyl (C=O) groups is 2. The van der Waals surface area contributed by atoms with Gasteiger partial charge in [-0.05, 0) is 55.2 Å². The molecular weight excluding hydrogens is 542 g/mol. The SMILES string of the molecule is CCCNC(=O)[C@@H](CC)N(Cc1ccccc1C)C(=O)CN(c1cc(OC)ccc1OC)S(=O)(=O)c1ccccc1. The van der Waals surface area contributed by atoms with Gasteiger partial charge in [0.2, 0.25) is 11.8 Å². The molecule has 0 aromatic heterocycles. The first-order valence-electron chi connectivity index (χ1n) is 13.6. The lowest BCUT2D eigenvalue weighted by Gasteiger charge is -2.34. The smallest absolute Gasteiger partial charge is 0.264 e. The maximum absolute atomic E-state index is 14.2. The first-order valence-corrected chi connectivity index (χ1v) is 15.0. The number of hydrogen-bond donors (Lipinski definition) is 1. The number of rotatable bonds is 14. The van der Waals surface area contributed by atoms with Crippen LogP contribution in [0, 0.1) is 6.92 Å². The molecule has 0 bridgehead atoms. The van der Waals surface area contributed by atoms with Crippen molar-refractivity contribution in [3.63, 3.8) is 0 Å². The Morgan fingerprint density at radius 3 is 2.22 bits per heavy atom. The fourth-order valence-corrected chi connectivity index (χ4v) is 5.92. The Morgan fingerprint density at radius 1 is 0.927 bits per heavy atom. The number of anilines is 1. The molecule has 3 aromatic rings. The molecule has 3 rings (SSSR count). The normalized spacial score (nSPS) is 11.8. The number of amides is 2. The third-order valence-electron chi connectivity index (χ3n) is 6.80. The number of methoxy groups -OCH3 is 2. The molecule has 3 aromatic carbocycles. The van der Waals surface area contributed by atoms with Crippen molar-refractivity contribution in [2.45, 2.75) is 51.1 Å². The molecule has 10 heteroatoms. The molecule has 2 amide bonds. The van der Waals surface area contributed by atoms with Crippen molar-refractivity contribution in [2.75, 3.05) is 31.6 Å². The van der Waals surface area contributed by atoms with E-state index in [0.717, 1.165) is 21.9 Å². The highest BCUT2D eigenvalue weighted by atomic mass is 32.2. The van der Waals surface area contributed by atoms with E-state index in [9.17, 15) is 18.0 Å². The van der Waals surface area contributed by atoms with Crippen LogP contribution in [0.3, 0.4) is 0 Å². The predicted octanol–water partition coefficient (Wildman–Crippen LogP) is 4.54. The molecule has 0 saturated carbocycles. The predicted molar refractivity (Wildman–Crippen MR) is 160 cm³/mol. The highest BCUT2D eigenvalue weighted by molar-refractivity contribution is 7.92. The van der Waals surface area contributed by atoms with Gasteiger partial charge in [0.05, 0.1) is 24.8 Å². The fourth-order valence-electron chi connectivity index (χ4n) is 4.48. The van der Waals surface area contributed by atoms with Crippen LogP contribution >= 0.6 is 0 Å². The molecule has 0 unspecified atom stereocenters. The van der Waals surface area contributed by atoms with Gasteiger partial charge in [0, 0.05) is 19.2 Å². The van der Waals surface area contributed by atoms with E-state index in [4.69, 9.17) is 9.47 Å². The third kappa shape index (κ3) is 7.58. The Morgan fingerprint density at radius 2 is 1.61 bits per heavy atom. The van der Waals surface area contributed by atoms with Gasteiger partial charge in [-0.15, -0.1) is 0 Å². The van der Waals surface area contributed by atoms with Gasteiger partial charge in [-0.1, -0.05) is 56.3 Å². The third-order valence-corrected chi connectivity index (χ3v) is 8.58. The van der Waals surface area contributed by atoms with Crippen LogP contribution in [-0.4, -0.2) is 58.5 Å². The minimum atomic E-state index is -4.24. The van der Waals surface area contributed by atoms with Crippen molar-refractivity contribution in [2.24, 2.45) is 0 Å². The maximum atomic E-state index is 14.2. The average Bonchev–Trinajstić information content (AvgIpc) is 2.99. The van der Waals surface area contributed by atoms with Crippen LogP contribution in [0.25, 0.3) is 0 Å². The number of benzene rings is 3. The number of ether oxygens (including phenoxy) is 2. The van der Waals surface area contributed by atoms with Crippen LogP contribution in [0.4, 0.5) is 5.69 Å². The molecular formula is C31H39N3O6S. The Hall–Kier alpha value is -4.05. The zero-order chi connectivity index (χ0) is 30.0. The summed E-state index contributed by atoms with van der Waals surface area (Å²) >= 11 is 0. The summed E-state index contributed by atoms with van der Waals surface area (Å²) in [4.78, 5) is 28.9. The number of aryl methyl sites for hydroxylation is 1.